The van der Waals surface area contributed by atoms with E-state index in [1.165, 1.54) is 12.8 Å². The van der Waals surface area contributed by atoms with Crippen LogP contribution in [0.5, 0.6) is 5.75 Å². The molecule has 3 heteroatoms. The van der Waals surface area contributed by atoms with Crippen molar-refractivity contribution in [3.8, 4) is 5.75 Å². The van der Waals surface area contributed by atoms with Crippen LogP contribution in [0.4, 0.5) is 5.69 Å². The third kappa shape index (κ3) is 6.50. The lowest BCUT2D eigenvalue weighted by atomic mass is 10.1. The highest BCUT2D eigenvalue weighted by molar-refractivity contribution is 5.43. The molecule has 2 N–H and O–H groups in total. The van der Waals surface area contributed by atoms with E-state index < -0.39 is 0 Å². The van der Waals surface area contributed by atoms with Crippen molar-refractivity contribution in [2.24, 2.45) is 5.92 Å². The molecule has 1 rings (SSSR count). The topological polar surface area (TPSA) is 44.5 Å². The van der Waals surface area contributed by atoms with E-state index in [9.17, 15) is 0 Å². The molecule has 3 nitrogen and oxygen atoms in total. The maximum absolute atomic E-state index is 5.67. The average Bonchev–Trinajstić information content (AvgIpc) is 2.34. The smallest absolute Gasteiger partial charge is 0.121 e. The molecule has 0 bridgehead atoms. The Balaban J connectivity index is 2.02. The van der Waals surface area contributed by atoms with Gasteiger partial charge in [-0.2, -0.15) is 0 Å². The van der Waals surface area contributed by atoms with Crippen LogP contribution in [0.3, 0.4) is 0 Å². The molecular formula is C15H25NO2. The zero-order valence-corrected chi connectivity index (χ0v) is 11.5. The summed E-state index contributed by atoms with van der Waals surface area (Å²) in [5.41, 5.74) is 6.40. The molecule has 1 aromatic carbocycles. The van der Waals surface area contributed by atoms with E-state index in [0.29, 0.717) is 12.5 Å². The largest absolute Gasteiger partial charge is 0.493 e. The van der Waals surface area contributed by atoms with Gasteiger partial charge in [0.25, 0.3) is 0 Å². The summed E-state index contributed by atoms with van der Waals surface area (Å²) in [5.74, 6) is 1.49. The normalized spacial score (nSPS) is 12.3. The molecular weight excluding hydrogens is 226 g/mol. The molecule has 0 aliphatic rings. The van der Waals surface area contributed by atoms with Crippen molar-refractivity contribution >= 4 is 5.69 Å². The highest BCUT2D eigenvalue weighted by Crippen LogP contribution is 2.14. The summed E-state index contributed by atoms with van der Waals surface area (Å²) in [7, 11) is 0. The predicted molar refractivity (Wildman–Crippen MR) is 75.9 cm³/mol. The summed E-state index contributed by atoms with van der Waals surface area (Å²) in [4.78, 5) is 0. The lowest BCUT2D eigenvalue weighted by molar-refractivity contribution is 0.0910. The molecule has 1 unspecified atom stereocenters. The van der Waals surface area contributed by atoms with E-state index in [-0.39, 0.29) is 0 Å². The molecule has 0 spiro atoms. The van der Waals surface area contributed by atoms with Crippen LogP contribution >= 0.6 is 0 Å². The van der Waals surface area contributed by atoms with Crippen LogP contribution in [0.15, 0.2) is 24.3 Å². The lowest BCUT2D eigenvalue weighted by Crippen LogP contribution is -2.09. The first-order valence-corrected chi connectivity index (χ1v) is 6.78. The third-order valence-corrected chi connectivity index (χ3v) is 2.74. The summed E-state index contributed by atoms with van der Waals surface area (Å²) in [6.07, 6.45) is 3.37. The zero-order chi connectivity index (χ0) is 13.2. The van der Waals surface area contributed by atoms with Gasteiger partial charge in [-0.25, -0.2) is 0 Å². The van der Waals surface area contributed by atoms with Crippen molar-refractivity contribution in [3.05, 3.63) is 24.3 Å². The maximum atomic E-state index is 5.67. The summed E-state index contributed by atoms with van der Waals surface area (Å²) < 4.78 is 11.2. The first kappa shape index (κ1) is 14.8. The fourth-order valence-electron chi connectivity index (χ4n) is 1.82. The van der Waals surface area contributed by atoms with Gasteiger partial charge in [0, 0.05) is 31.4 Å². The Bertz CT molecular complexity index is 328. The molecule has 1 atom stereocenters. The second kappa shape index (κ2) is 8.81. The Hall–Kier alpha value is -1.22. The van der Waals surface area contributed by atoms with Crippen molar-refractivity contribution in [1.82, 2.24) is 0 Å². The van der Waals surface area contributed by atoms with Crippen LogP contribution in [-0.4, -0.2) is 19.8 Å². The number of hydrogen-bond donors (Lipinski definition) is 1. The molecule has 0 radical (unpaired) electrons. The Labute approximate surface area is 110 Å². The van der Waals surface area contributed by atoms with Crippen LogP contribution in [0.1, 0.15) is 33.1 Å². The quantitative estimate of drug-likeness (QED) is 0.539. The second-order valence-electron chi connectivity index (χ2n) is 4.74. The SMILES string of the molecule is CCCC(C)COCCCOc1cccc(N)c1. The Morgan fingerprint density at radius 1 is 1.28 bits per heavy atom. The third-order valence-electron chi connectivity index (χ3n) is 2.74. The summed E-state index contributed by atoms with van der Waals surface area (Å²) in [6, 6.07) is 7.50. The number of hydrogen-bond acceptors (Lipinski definition) is 3. The van der Waals surface area contributed by atoms with Gasteiger partial charge >= 0.3 is 0 Å². The molecule has 0 fully saturated rings. The van der Waals surface area contributed by atoms with Gasteiger partial charge in [0.1, 0.15) is 5.75 Å². The summed E-state index contributed by atoms with van der Waals surface area (Å²) in [6.45, 7) is 6.72. The predicted octanol–water partition coefficient (Wildman–Crippen LogP) is 3.49. The second-order valence-corrected chi connectivity index (χ2v) is 4.74. The van der Waals surface area contributed by atoms with Gasteiger partial charge in [-0.1, -0.05) is 26.3 Å². The fraction of sp³-hybridized carbons (Fsp3) is 0.600. The number of nitrogens with two attached hydrogens (primary N) is 1. The molecule has 18 heavy (non-hydrogen) atoms. The molecule has 0 saturated carbocycles. The van der Waals surface area contributed by atoms with Crippen LogP contribution in [0.25, 0.3) is 0 Å². The molecule has 0 saturated heterocycles. The van der Waals surface area contributed by atoms with E-state index in [4.69, 9.17) is 15.2 Å². The number of anilines is 1. The summed E-state index contributed by atoms with van der Waals surface area (Å²) in [5, 5.41) is 0. The molecule has 0 heterocycles. The molecule has 1 aromatic rings. The van der Waals surface area contributed by atoms with Gasteiger partial charge in [0.2, 0.25) is 0 Å². The first-order chi connectivity index (χ1) is 8.72. The van der Waals surface area contributed by atoms with Crippen LogP contribution in [-0.2, 0) is 4.74 Å². The number of nitrogen functional groups attached to an aromatic ring is 1. The van der Waals surface area contributed by atoms with E-state index in [0.717, 1.165) is 31.1 Å². The van der Waals surface area contributed by atoms with Crippen molar-refractivity contribution < 1.29 is 9.47 Å². The standard InChI is InChI=1S/C15H25NO2/c1-3-6-13(2)12-17-9-5-10-18-15-8-4-7-14(16)11-15/h4,7-8,11,13H,3,5-6,9-10,12,16H2,1-2H3. The van der Waals surface area contributed by atoms with Gasteiger partial charge in [-0.15, -0.1) is 0 Å². The minimum absolute atomic E-state index is 0.657. The van der Waals surface area contributed by atoms with Crippen LogP contribution in [0, 0.1) is 5.92 Å². The molecule has 0 amide bonds. The maximum Gasteiger partial charge on any atom is 0.121 e. The van der Waals surface area contributed by atoms with Gasteiger partial charge in [-0.3, -0.25) is 0 Å². The Morgan fingerprint density at radius 2 is 2.11 bits per heavy atom. The van der Waals surface area contributed by atoms with E-state index in [1.807, 2.05) is 24.3 Å². The van der Waals surface area contributed by atoms with Gasteiger partial charge in [0.05, 0.1) is 6.61 Å². The Morgan fingerprint density at radius 3 is 2.83 bits per heavy atom. The first-order valence-electron chi connectivity index (χ1n) is 6.78. The summed E-state index contributed by atoms with van der Waals surface area (Å²) >= 11 is 0. The minimum Gasteiger partial charge on any atom is -0.493 e. The number of rotatable bonds is 9. The van der Waals surface area contributed by atoms with Gasteiger partial charge in [0.15, 0.2) is 0 Å². The van der Waals surface area contributed by atoms with Crippen molar-refractivity contribution in [1.29, 1.82) is 0 Å². The highest BCUT2D eigenvalue weighted by atomic mass is 16.5. The van der Waals surface area contributed by atoms with Crippen LogP contribution < -0.4 is 10.5 Å². The monoisotopic (exact) mass is 251 g/mol. The molecule has 102 valence electrons. The highest BCUT2D eigenvalue weighted by Gasteiger charge is 2.00. The zero-order valence-electron chi connectivity index (χ0n) is 11.5. The minimum atomic E-state index is 0.657. The van der Waals surface area contributed by atoms with E-state index in [2.05, 4.69) is 13.8 Å². The number of ether oxygens (including phenoxy) is 2. The van der Waals surface area contributed by atoms with Gasteiger partial charge in [-0.05, 0) is 24.5 Å². The Kier molecular flexibility index (Phi) is 7.26. The fourth-order valence-corrected chi connectivity index (χ4v) is 1.82. The number of benzene rings is 1. The van der Waals surface area contributed by atoms with E-state index in [1.54, 1.807) is 0 Å². The van der Waals surface area contributed by atoms with Crippen LogP contribution in [0.2, 0.25) is 0 Å². The molecule has 0 aliphatic carbocycles. The van der Waals surface area contributed by atoms with Gasteiger partial charge < -0.3 is 15.2 Å². The van der Waals surface area contributed by atoms with Crippen molar-refractivity contribution in [3.63, 3.8) is 0 Å². The molecule has 0 aromatic heterocycles. The van der Waals surface area contributed by atoms with Crippen molar-refractivity contribution in [2.75, 3.05) is 25.6 Å². The average molecular weight is 251 g/mol. The lowest BCUT2D eigenvalue weighted by Gasteiger charge is -2.11. The molecule has 0 aliphatic heterocycles. The van der Waals surface area contributed by atoms with E-state index >= 15 is 0 Å². The van der Waals surface area contributed by atoms with Crippen molar-refractivity contribution in [2.45, 2.75) is 33.1 Å².